The van der Waals surface area contributed by atoms with Crippen molar-refractivity contribution in [1.29, 1.82) is 0 Å². The minimum atomic E-state index is -0.722. The Morgan fingerprint density at radius 3 is 2.21 bits per heavy atom. The second kappa shape index (κ2) is 9.77. The van der Waals surface area contributed by atoms with Gasteiger partial charge in [0.15, 0.2) is 0 Å². The van der Waals surface area contributed by atoms with Gasteiger partial charge in [-0.3, -0.25) is 9.59 Å². The molecule has 29 heavy (non-hydrogen) atoms. The van der Waals surface area contributed by atoms with Crippen molar-refractivity contribution in [3.8, 4) is 0 Å². The van der Waals surface area contributed by atoms with Crippen LogP contribution in [0.3, 0.4) is 0 Å². The molecule has 2 rings (SSSR count). The summed E-state index contributed by atoms with van der Waals surface area (Å²) in [5.41, 5.74) is 4.42. The maximum absolute atomic E-state index is 11.3. The number of aliphatic carboxylic acids is 2. The Hall–Kier alpha value is -1.84. The first-order chi connectivity index (χ1) is 13.6. The van der Waals surface area contributed by atoms with Gasteiger partial charge in [0.2, 0.25) is 0 Å². The fraction of sp³-hybridized carbons (Fsp3) is 0.680. The summed E-state index contributed by atoms with van der Waals surface area (Å²) in [6, 6.07) is 4.53. The molecular formula is C25H38O4. The van der Waals surface area contributed by atoms with Crippen molar-refractivity contribution in [2.75, 3.05) is 0 Å². The summed E-state index contributed by atoms with van der Waals surface area (Å²) >= 11 is 0. The van der Waals surface area contributed by atoms with Crippen molar-refractivity contribution >= 4 is 11.9 Å². The molecule has 1 aromatic rings. The molecular weight excluding hydrogens is 364 g/mol. The van der Waals surface area contributed by atoms with E-state index in [4.69, 9.17) is 0 Å². The zero-order chi connectivity index (χ0) is 21.7. The fourth-order valence-corrected chi connectivity index (χ4v) is 4.32. The zero-order valence-electron chi connectivity index (χ0n) is 18.6. The summed E-state index contributed by atoms with van der Waals surface area (Å²) < 4.78 is 0. The van der Waals surface area contributed by atoms with Gasteiger partial charge in [-0.2, -0.15) is 0 Å². The molecule has 1 saturated carbocycles. The second-order valence-electron chi connectivity index (χ2n) is 9.76. The molecule has 0 aliphatic heterocycles. The predicted molar refractivity (Wildman–Crippen MR) is 116 cm³/mol. The zero-order valence-corrected chi connectivity index (χ0v) is 18.6. The maximum Gasteiger partial charge on any atom is 0.309 e. The minimum absolute atomic E-state index is 0.394. The molecule has 0 atom stereocenters. The standard InChI is InChI=1S/C25H38O4/c1-18-16-19(2)21(11-6-5-8-13-25(14-15-25)23(28)29)20(17-18)10-7-9-12-24(3,4)22(26)27/h16-17H,5-15H2,1-4H3,(H,26,27)(H,28,29). The van der Waals surface area contributed by atoms with Crippen molar-refractivity contribution in [3.05, 3.63) is 34.4 Å². The Balaban J connectivity index is 1.84. The summed E-state index contributed by atoms with van der Waals surface area (Å²) in [7, 11) is 0. The van der Waals surface area contributed by atoms with E-state index in [1.807, 2.05) is 0 Å². The maximum atomic E-state index is 11.3. The molecule has 0 aromatic heterocycles. The number of carboxylic acid groups (broad SMARTS) is 2. The Bertz CT molecular complexity index is 729. The summed E-state index contributed by atoms with van der Waals surface area (Å²) in [5, 5.41) is 18.6. The molecule has 1 aliphatic rings. The lowest BCUT2D eigenvalue weighted by atomic mass is 9.86. The van der Waals surface area contributed by atoms with E-state index in [1.165, 1.54) is 22.3 Å². The molecule has 1 aliphatic carbocycles. The topological polar surface area (TPSA) is 74.6 Å². The summed E-state index contributed by atoms with van der Waals surface area (Å²) in [5.74, 6) is -1.33. The van der Waals surface area contributed by atoms with Gasteiger partial charge in [-0.05, 0) is 95.8 Å². The minimum Gasteiger partial charge on any atom is -0.481 e. The lowest BCUT2D eigenvalue weighted by molar-refractivity contribution is -0.147. The van der Waals surface area contributed by atoms with Crippen LogP contribution in [-0.4, -0.2) is 22.2 Å². The quantitative estimate of drug-likeness (QED) is 0.391. The average Bonchev–Trinajstić information content (AvgIpc) is 3.41. The van der Waals surface area contributed by atoms with Crippen molar-refractivity contribution in [3.63, 3.8) is 0 Å². The fourth-order valence-electron chi connectivity index (χ4n) is 4.32. The van der Waals surface area contributed by atoms with Crippen molar-refractivity contribution in [1.82, 2.24) is 0 Å². The number of benzene rings is 1. The van der Waals surface area contributed by atoms with E-state index in [2.05, 4.69) is 26.0 Å². The number of hydrogen-bond donors (Lipinski definition) is 2. The van der Waals surface area contributed by atoms with Gasteiger partial charge in [-0.25, -0.2) is 0 Å². The normalized spacial score (nSPS) is 15.3. The summed E-state index contributed by atoms with van der Waals surface area (Å²) in [6.45, 7) is 7.92. The number of carbonyl (C=O) groups is 2. The van der Waals surface area contributed by atoms with Crippen LogP contribution in [0.4, 0.5) is 0 Å². The van der Waals surface area contributed by atoms with E-state index in [-0.39, 0.29) is 0 Å². The largest absolute Gasteiger partial charge is 0.481 e. The van der Waals surface area contributed by atoms with E-state index < -0.39 is 22.8 Å². The first-order valence-electron chi connectivity index (χ1n) is 11.1. The van der Waals surface area contributed by atoms with Crippen LogP contribution in [0.5, 0.6) is 0 Å². The third-order valence-electron chi connectivity index (χ3n) is 6.68. The number of hydrogen-bond acceptors (Lipinski definition) is 2. The lowest BCUT2D eigenvalue weighted by Gasteiger charge is -2.19. The Labute approximate surface area is 175 Å². The van der Waals surface area contributed by atoms with Gasteiger partial charge in [0.1, 0.15) is 0 Å². The van der Waals surface area contributed by atoms with Crippen LogP contribution in [0.2, 0.25) is 0 Å². The number of carboxylic acids is 2. The molecule has 162 valence electrons. The predicted octanol–water partition coefficient (Wildman–Crippen LogP) is 6.09. The van der Waals surface area contributed by atoms with Crippen LogP contribution in [0.25, 0.3) is 0 Å². The highest BCUT2D eigenvalue weighted by Gasteiger charge is 2.49. The summed E-state index contributed by atoms with van der Waals surface area (Å²) in [6.07, 6.45) is 10.4. The molecule has 2 N–H and O–H groups in total. The molecule has 0 saturated heterocycles. The third-order valence-corrected chi connectivity index (χ3v) is 6.68. The van der Waals surface area contributed by atoms with Crippen LogP contribution in [0.15, 0.2) is 12.1 Å². The number of aryl methyl sites for hydroxylation is 3. The van der Waals surface area contributed by atoms with Crippen molar-refractivity contribution in [2.24, 2.45) is 10.8 Å². The smallest absolute Gasteiger partial charge is 0.309 e. The van der Waals surface area contributed by atoms with Crippen LogP contribution < -0.4 is 0 Å². The highest BCUT2D eigenvalue weighted by molar-refractivity contribution is 5.77. The van der Waals surface area contributed by atoms with Gasteiger partial charge in [-0.1, -0.05) is 37.0 Å². The third kappa shape index (κ3) is 6.58. The SMILES string of the molecule is Cc1cc(C)c(CCCCCC2(C(=O)O)CC2)c(CCCCC(C)(C)C(=O)O)c1. The molecule has 0 unspecified atom stereocenters. The first-order valence-corrected chi connectivity index (χ1v) is 11.1. The van der Waals surface area contributed by atoms with E-state index in [9.17, 15) is 19.8 Å². The average molecular weight is 403 g/mol. The molecule has 0 radical (unpaired) electrons. The second-order valence-corrected chi connectivity index (χ2v) is 9.76. The molecule has 1 fully saturated rings. The highest BCUT2D eigenvalue weighted by Crippen LogP contribution is 2.50. The van der Waals surface area contributed by atoms with Gasteiger partial charge in [0.05, 0.1) is 10.8 Å². The molecule has 4 nitrogen and oxygen atoms in total. The van der Waals surface area contributed by atoms with Gasteiger partial charge in [0, 0.05) is 0 Å². The van der Waals surface area contributed by atoms with E-state index in [0.717, 1.165) is 64.2 Å². The molecule has 0 heterocycles. The van der Waals surface area contributed by atoms with Gasteiger partial charge < -0.3 is 10.2 Å². The number of rotatable bonds is 13. The molecule has 1 aromatic carbocycles. The Kier molecular flexibility index (Phi) is 7.90. The van der Waals surface area contributed by atoms with Gasteiger partial charge in [-0.15, -0.1) is 0 Å². The summed E-state index contributed by atoms with van der Waals surface area (Å²) in [4.78, 5) is 22.6. The molecule has 0 bridgehead atoms. The van der Waals surface area contributed by atoms with Gasteiger partial charge in [0.25, 0.3) is 0 Å². The molecule has 4 heteroatoms. The van der Waals surface area contributed by atoms with E-state index >= 15 is 0 Å². The monoisotopic (exact) mass is 402 g/mol. The van der Waals surface area contributed by atoms with Gasteiger partial charge >= 0.3 is 11.9 Å². The highest BCUT2D eigenvalue weighted by atomic mass is 16.4. The Morgan fingerprint density at radius 2 is 1.62 bits per heavy atom. The van der Waals surface area contributed by atoms with Crippen LogP contribution >= 0.6 is 0 Å². The lowest BCUT2D eigenvalue weighted by Crippen LogP contribution is -2.23. The van der Waals surface area contributed by atoms with E-state index in [0.29, 0.717) is 6.42 Å². The van der Waals surface area contributed by atoms with Crippen LogP contribution in [-0.2, 0) is 22.4 Å². The number of unbranched alkanes of at least 4 members (excludes halogenated alkanes) is 3. The van der Waals surface area contributed by atoms with Crippen LogP contribution in [0, 0.1) is 24.7 Å². The van der Waals surface area contributed by atoms with E-state index in [1.54, 1.807) is 13.8 Å². The van der Waals surface area contributed by atoms with Crippen molar-refractivity contribution < 1.29 is 19.8 Å². The molecule has 0 amide bonds. The van der Waals surface area contributed by atoms with Crippen molar-refractivity contribution in [2.45, 2.75) is 98.3 Å². The first kappa shape index (κ1) is 23.4. The Morgan fingerprint density at radius 1 is 0.966 bits per heavy atom. The molecule has 0 spiro atoms. The van der Waals surface area contributed by atoms with Crippen LogP contribution in [0.1, 0.15) is 93.9 Å².